The zero-order chi connectivity index (χ0) is 22.8. The van der Waals surface area contributed by atoms with Gasteiger partial charge in [0.2, 0.25) is 0 Å². The molecule has 32 heavy (non-hydrogen) atoms. The third-order valence-corrected chi connectivity index (χ3v) is 6.48. The van der Waals surface area contributed by atoms with Crippen molar-refractivity contribution in [2.45, 2.75) is 51.6 Å². The van der Waals surface area contributed by atoms with Crippen molar-refractivity contribution in [3.8, 4) is 0 Å². The van der Waals surface area contributed by atoms with Crippen molar-refractivity contribution in [1.82, 2.24) is 4.57 Å². The van der Waals surface area contributed by atoms with E-state index in [-0.39, 0.29) is 23.9 Å². The average Bonchev–Trinajstić information content (AvgIpc) is 3.09. The van der Waals surface area contributed by atoms with Crippen LogP contribution in [-0.4, -0.2) is 22.5 Å². The van der Waals surface area contributed by atoms with Crippen molar-refractivity contribution in [2.75, 3.05) is 5.32 Å². The van der Waals surface area contributed by atoms with Gasteiger partial charge in [-0.15, -0.1) is 0 Å². The zero-order valence-electron chi connectivity index (χ0n) is 18.7. The van der Waals surface area contributed by atoms with Crippen LogP contribution in [0.15, 0.2) is 48.7 Å². The quantitative estimate of drug-likeness (QED) is 0.461. The molecule has 1 aromatic heterocycles. The number of ether oxygens (including phenoxy) is 1. The molecule has 3 aromatic rings. The predicted molar refractivity (Wildman–Crippen MR) is 128 cm³/mol. The van der Waals surface area contributed by atoms with Crippen LogP contribution in [0.5, 0.6) is 0 Å². The van der Waals surface area contributed by atoms with Gasteiger partial charge >= 0.3 is 5.97 Å². The first kappa shape index (κ1) is 22.4. The Kier molecular flexibility index (Phi) is 6.56. The average molecular weight is 453 g/mol. The minimum Gasteiger partial charge on any atom is -0.463 e. The van der Waals surface area contributed by atoms with Crippen LogP contribution in [0.1, 0.15) is 61.4 Å². The molecule has 1 fully saturated rings. The van der Waals surface area contributed by atoms with E-state index in [2.05, 4.69) is 17.4 Å². The van der Waals surface area contributed by atoms with Gasteiger partial charge in [0.25, 0.3) is 5.91 Å². The van der Waals surface area contributed by atoms with Gasteiger partial charge in [-0.1, -0.05) is 23.7 Å². The van der Waals surface area contributed by atoms with Crippen LogP contribution >= 0.6 is 11.6 Å². The summed E-state index contributed by atoms with van der Waals surface area (Å²) in [7, 11) is 1.92. The lowest BCUT2D eigenvalue weighted by atomic mass is 9.78. The maximum atomic E-state index is 12.9. The van der Waals surface area contributed by atoms with Gasteiger partial charge in [0.1, 0.15) is 0 Å². The first-order valence-electron chi connectivity index (χ1n) is 11.2. The third kappa shape index (κ3) is 4.83. The smallest absolute Gasteiger partial charge is 0.309 e. The maximum absolute atomic E-state index is 12.9. The number of benzene rings is 2. The molecule has 1 N–H and O–H groups in total. The number of carbonyl (C=O) groups excluding carboxylic acids is 2. The van der Waals surface area contributed by atoms with Crippen molar-refractivity contribution < 1.29 is 14.3 Å². The molecule has 1 saturated carbocycles. The van der Waals surface area contributed by atoms with E-state index in [1.54, 1.807) is 0 Å². The summed E-state index contributed by atoms with van der Waals surface area (Å²) in [5.41, 5.74) is 3.56. The van der Waals surface area contributed by atoms with Crippen molar-refractivity contribution >= 4 is 40.1 Å². The summed E-state index contributed by atoms with van der Waals surface area (Å²) < 4.78 is 7.29. The Labute approximate surface area is 193 Å². The first-order valence-corrected chi connectivity index (χ1v) is 11.6. The van der Waals surface area contributed by atoms with Crippen LogP contribution in [0.2, 0.25) is 5.02 Å². The fraction of sp³-hybridized carbons (Fsp3) is 0.385. The number of rotatable bonds is 5. The van der Waals surface area contributed by atoms with Gasteiger partial charge in [-0.3, -0.25) is 9.59 Å². The number of halogens is 1. The Balaban J connectivity index is 1.39. The van der Waals surface area contributed by atoms with E-state index in [1.165, 1.54) is 5.56 Å². The molecule has 2 aromatic carbocycles. The van der Waals surface area contributed by atoms with E-state index in [4.69, 9.17) is 16.3 Å². The molecule has 1 amide bonds. The number of aryl methyl sites for hydroxylation is 1. The van der Waals surface area contributed by atoms with Gasteiger partial charge in [-0.2, -0.15) is 0 Å². The number of amides is 1. The number of hydrogen-bond donors (Lipinski definition) is 1. The minimum atomic E-state index is -0.158. The molecule has 0 spiro atoms. The predicted octanol–water partition coefficient (Wildman–Crippen LogP) is 6.31. The fourth-order valence-electron chi connectivity index (χ4n) is 4.57. The minimum absolute atomic E-state index is 0.0152. The first-order chi connectivity index (χ1) is 15.3. The number of fused-ring (bicyclic) bond motifs is 1. The van der Waals surface area contributed by atoms with Gasteiger partial charge < -0.3 is 14.6 Å². The molecule has 1 aliphatic carbocycles. The summed E-state index contributed by atoms with van der Waals surface area (Å²) >= 11 is 6.14. The summed E-state index contributed by atoms with van der Waals surface area (Å²) in [6, 6.07) is 13.6. The fourth-order valence-corrected chi connectivity index (χ4v) is 4.75. The highest BCUT2D eigenvalue weighted by molar-refractivity contribution is 6.31. The molecule has 1 aliphatic rings. The standard InChI is InChI=1S/C26H29ClN2O3/c1-16(2)32-26(31)19-6-4-17(5-7-19)18-8-11-21(12-9-18)28-25(30)23-15-29(3)24-13-10-20(27)14-22(23)24/h8-17,19H,4-7H2,1-3H3,(H,28,30)/t17-,19-. The van der Waals surface area contributed by atoms with Gasteiger partial charge in [-0.05, 0) is 81.3 Å². The SMILES string of the molecule is CC(C)OC(=O)[C@H]1CC[C@H](c2ccc(NC(=O)c3cn(C)c4ccc(Cl)cc34)cc2)CC1. The molecule has 0 bridgehead atoms. The van der Waals surface area contributed by atoms with Crippen molar-refractivity contribution in [3.63, 3.8) is 0 Å². The van der Waals surface area contributed by atoms with Gasteiger partial charge in [0.05, 0.1) is 17.6 Å². The van der Waals surface area contributed by atoms with Crippen LogP contribution in [0.3, 0.4) is 0 Å². The highest BCUT2D eigenvalue weighted by atomic mass is 35.5. The van der Waals surface area contributed by atoms with E-state index >= 15 is 0 Å². The maximum Gasteiger partial charge on any atom is 0.309 e. The Morgan fingerprint density at radius 2 is 1.75 bits per heavy atom. The third-order valence-electron chi connectivity index (χ3n) is 6.25. The lowest BCUT2D eigenvalue weighted by Crippen LogP contribution is -2.25. The van der Waals surface area contributed by atoms with Crippen molar-refractivity contribution in [3.05, 3.63) is 64.8 Å². The molecule has 5 nitrogen and oxygen atoms in total. The number of esters is 1. The lowest BCUT2D eigenvalue weighted by Gasteiger charge is -2.28. The van der Waals surface area contributed by atoms with E-state index in [0.717, 1.165) is 42.3 Å². The monoisotopic (exact) mass is 452 g/mol. The van der Waals surface area contributed by atoms with E-state index in [0.29, 0.717) is 16.5 Å². The summed E-state index contributed by atoms with van der Waals surface area (Å²) in [6.45, 7) is 3.78. The van der Waals surface area contributed by atoms with Crippen LogP contribution < -0.4 is 5.32 Å². The Morgan fingerprint density at radius 3 is 2.41 bits per heavy atom. The van der Waals surface area contributed by atoms with Crippen LogP contribution in [0.25, 0.3) is 10.9 Å². The molecule has 0 atom stereocenters. The van der Waals surface area contributed by atoms with Crippen LogP contribution in [0.4, 0.5) is 5.69 Å². The molecule has 4 rings (SSSR count). The molecule has 168 valence electrons. The normalized spacial score (nSPS) is 18.7. The molecule has 6 heteroatoms. The number of aromatic nitrogens is 1. The second kappa shape index (κ2) is 9.37. The Bertz CT molecular complexity index is 1130. The highest BCUT2D eigenvalue weighted by Crippen LogP contribution is 2.37. The zero-order valence-corrected chi connectivity index (χ0v) is 19.5. The number of anilines is 1. The molecule has 1 heterocycles. The van der Waals surface area contributed by atoms with Gasteiger partial charge in [0.15, 0.2) is 0 Å². The second-order valence-electron chi connectivity index (χ2n) is 8.93. The molecule has 0 radical (unpaired) electrons. The molecular weight excluding hydrogens is 424 g/mol. The number of carbonyl (C=O) groups is 2. The largest absolute Gasteiger partial charge is 0.463 e. The summed E-state index contributed by atoms with van der Waals surface area (Å²) in [5.74, 6) is 0.227. The van der Waals surface area contributed by atoms with Crippen LogP contribution in [0, 0.1) is 5.92 Å². The van der Waals surface area contributed by atoms with Gasteiger partial charge in [0, 0.05) is 34.9 Å². The van der Waals surface area contributed by atoms with Crippen LogP contribution in [-0.2, 0) is 16.6 Å². The van der Waals surface area contributed by atoms with Gasteiger partial charge in [-0.25, -0.2) is 0 Å². The van der Waals surface area contributed by atoms with E-state index < -0.39 is 0 Å². The summed E-state index contributed by atoms with van der Waals surface area (Å²) in [5, 5.41) is 4.44. The topological polar surface area (TPSA) is 60.3 Å². The lowest BCUT2D eigenvalue weighted by molar-refractivity contribution is -0.153. The Morgan fingerprint density at radius 1 is 1.06 bits per heavy atom. The second-order valence-corrected chi connectivity index (χ2v) is 9.36. The molecule has 0 unspecified atom stereocenters. The molecular formula is C26H29ClN2O3. The van der Waals surface area contributed by atoms with E-state index in [1.807, 2.05) is 62.0 Å². The van der Waals surface area contributed by atoms with E-state index in [9.17, 15) is 9.59 Å². The van der Waals surface area contributed by atoms with Crippen molar-refractivity contribution in [1.29, 1.82) is 0 Å². The molecule has 0 saturated heterocycles. The summed E-state index contributed by atoms with van der Waals surface area (Å²) in [6.07, 6.45) is 5.43. The molecule has 0 aliphatic heterocycles. The number of nitrogens with one attached hydrogen (secondary N) is 1. The number of nitrogens with zero attached hydrogens (tertiary/aromatic N) is 1. The Hall–Kier alpha value is -2.79. The van der Waals surface area contributed by atoms with Crippen molar-refractivity contribution in [2.24, 2.45) is 13.0 Å². The number of hydrogen-bond acceptors (Lipinski definition) is 3. The summed E-state index contributed by atoms with van der Waals surface area (Å²) in [4.78, 5) is 25.1. The highest BCUT2D eigenvalue weighted by Gasteiger charge is 2.28.